The SMILES string of the molecule is C=CCC1COC(CCc2ccc(C#Cc3ccc4c(F)c(F)c(F)cc4c3)cc2)OC1. The molecule has 0 spiro atoms. The Kier molecular flexibility index (Phi) is 6.94. The van der Waals surface area contributed by atoms with Crippen LogP contribution in [-0.4, -0.2) is 19.5 Å². The van der Waals surface area contributed by atoms with Crippen molar-refractivity contribution in [1.29, 1.82) is 0 Å². The van der Waals surface area contributed by atoms with Crippen molar-refractivity contribution in [3.63, 3.8) is 0 Å². The second-order valence-corrected chi connectivity index (χ2v) is 7.89. The smallest absolute Gasteiger partial charge is 0.195 e. The van der Waals surface area contributed by atoms with Crippen molar-refractivity contribution in [1.82, 2.24) is 0 Å². The molecule has 0 amide bonds. The summed E-state index contributed by atoms with van der Waals surface area (Å²) in [6.45, 7) is 5.15. The standard InChI is InChI=1S/C27H23F3O2/c1-2-3-21-16-31-25(32-17-21)13-11-19-6-4-18(5-7-19)8-9-20-10-12-23-22(14-20)15-24(28)27(30)26(23)29/h2,4-7,10,12,14-15,21,25H,1,3,11,13,16-17H2. The Morgan fingerprint density at radius 3 is 2.31 bits per heavy atom. The van der Waals surface area contributed by atoms with Crippen LogP contribution in [0.3, 0.4) is 0 Å². The number of ether oxygens (including phenoxy) is 2. The van der Waals surface area contributed by atoms with Crippen LogP contribution in [0.4, 0.5) is 13.2 Å². The summed E-state index contributed by atoms with van der Waals surface area (Å²) >= 11 is 0. The second kappa shape index (κ2) is 10.0. The molecule has 164 valence electrons. The van der Waals surface area contributed by atoms with Gasteiger partial charge in [0.2, 0.25) is 0 Å². The maximum Gasteiger partial charge on any atom is 0.195 e. The molecule has 0 aromatic heterocycles. The van der Waals surface area contributed by atoms with E-state index in [4.69, 9.17) is 9.47 Å². The molecule has 0 atom stereocenters. The number of rotatable bonds is 5. The van der Waals surface area contributed by atoms with Crippen LogP contribution in [-0.2, 0) is 15.9 Å². The van der Waals surface area contributed by atoms with Gasteiger partial charge in [-0.15, -0.1) is 6.58 Å². The van der Waals surface area contributed by atoms with Gasteiger partial charge in [-0.2, -0.15) is 0 Å². The quantitative estimate of drug-likeness (QED) is 0.271. The number of halogens is 3. The summed E-state index contributed by atoms with van der Waals surface area (Å²) in [5.41, 5.74) is 2.57. The van der Waals surface area contributed by atoms with Gasteiger partial charge in [-0.3, -0.25) is 0 Å². The zero-order valence-corrected chi connectivity index (χ0v) is 17.5. The molecule has 4 rings (SSSR count). The van der Waals surface area contributed by atoms with Gasteiger partial charge in [0.25, 0.3) is 0 Å². The predicted molar refractivity (Wildman–Crippen MR) is 119 cm³/mol. The first-order valence-corrected chi connectivity index (χ1v) is 10.6. The first-order chi connectivity index (χ1) is 15.5. The van der Waals surface area contributed by atoms with Crippen LogP contribution < -0.4 is 0 Å². The Balaban J connectivity index is 1.36. The largest absolute Gasteiger partial charge is 0.352 e. The highest BCUT2D eigenvalue weighted by Crippen LogP contribution is 2.24. The molecule has 1 heterocycles. The van der Waals surface area contributed by atoms with Gasteiger partial charge in [-0.05, 0) is 54.1 Å². The van der Waals surface area contributed by atoms with E-state index in [1.165, 1.54) is 6.07 Å². The van der Waals surface area contributed by atoms with Gasteiger partial charge in [-0.25, -0.2) is 13.2 Å². The number of fused-ring (bicyclic) bond motifs is 1. The summed E-state index contributed by atoms with van der Waals surface area (Å²) in [5.74, 6) is 2.57. The molecule has 1 aliphatic heterocycles. The van der Waals surface area contributed by atoms with Crippen LogP contribution in [0.5, 0.6) is 0 Å². The summed E-state index contributed by atoms with van der Waals surface area (Å²) in [7, 11) is 0. The summed E-state index contributed by atoms with van der Waals surface area (Å²) in [4.78, 5) is 0. The number of hydrogen-bond acceptors (Lipinski definition) is 2. The Morgan fingerprint density at radius 1 is 0.906 bits per heavy atom. The first-order valence-electron chi connectivity index (χ1n) is 10.6. The lowest BCUT2D eigenvalue weighted by Crippen LogP contribution is -2.32. The van der Waals surface area contributed by atoms with E-state index in [1.807, 2.05) is 30.3 Å². The van der Waals surface area contributed by atoms with Crippen molar-refractivity contribution < 1.29 is 22.6 Å². The topological polar surface area (TPSA) is 18.5 Å². The van der Waals surface area contributed by atoms with Crippen molar-refractivity contribution in [2.75, 3.05) is 13.2 Å². The Labute approximate surface area is 185 Å². The second-order valence-electron chi connectivity index (χ2n) is 7.89. The van der Waals surface area contributed by atoms with Gasteiger partial charge >= 0.3 is 0 Å². The molecule has 3 aromatic carbocycles. The van der Waals surface area contributed by atoms with Crippen molar-refractivity contribution in [2.45, 2.75) is 25.6 Å². The van der Waals surface area contributed by atoms with Crippen LogP contribution in [0.15, 0.2) is 61.2 Å². The zero-order valence-electron chi connectivity index (χ0n) is 17.5. The summed E-state index contributed by atoms with van der Waals surface area (Å²) < 4.78 is 52.2. The number of benzene rings is 3. The normalized spacial score (nSPS) is 18.2. The highest BCUT2D eigenvalue weighted by atomic mass is 19.2. The van der Waals surface area contributed by atoms with E-state index < -0.39 is 17.5 Å². The number of allylic oxidation sites excluding steroid dienone is 1. The third kappa shape index (κ3) is 5.21. The van der Waals surface area contributed by atoms with E-state index in [1.54, 1.807) is 12.1 Å². The molecule has 1 saturated heterocycles. The predicted octanol–water partition coefficient (Wildman–Crippen LogP) is 6.15. The van der Waals surface area contributed by atoms with E-state index in [0.717, 1.165) is 36.5 Å². The van der Waals surface area contributed by atoms with Crippen LogP contribution >= 0.6 is 0 Å². The fourth-order valence-corrected chi connectivity index (χ4v) is 3.69. The van der Waals surface area contributed by atoms with Crippen molar-refractivity contribution in [3.8, 4) is 11.8 Å². The molecule has 32 heavy (non-hydrogen) atoms. The van der Waals surface area contributed by atoms with Crippen LogP contribution in [0, 0.1) is 35.2 Å². The van der Waals surface area contributed by atoms with E-state index in [0.29, 0.717) is 24.7 Å². The third-order valence-corrected chi connectivity index (χ3v) is 5.48. The van der Waals surface area contributed by atoms with Crippen molar-refractivity contribution >= 4 is 10.8 Å². The molecule has 0 N–H and O–H groups in total. The van der Waals surface area contributed by atoms with Crippen molar-refractivity contribution in [3.05, 3.63) is 95.3 Å². The van der Waals surface area contributed by atoms with Gasteiger partial charge in [0.1, 0.15) is 0 Å². The summed E-state index contributed by atoms with van der Waals surface area (Å²) in [6, 6.07) is 13.4. The average molecular weight is 436 g/mol. The molecule has 3 aromatic rings. The Hall–Kier alpha value is -3.07. The minimum absolute atomic E-state index is 0.0287. The van der Waals surface area contributed by atoms with Crippen LogP contribution in [0.2, 0.25) is 0 Å². The molecule has 0 saturated carbocycles. The zero-order chi connectivity index (χ0) is 22.5. The van der Waals surface area contributed by atoms with E-state index >= 15 is 0 Å². The Morgan fingerprint density at radius 2 is 1.59 bits per heavy atom. The minimum atomic E-state index is -1.46. The molecule has 1 aliphatic rings. The van der Waals surface area contributed by atoms with Gasteiger partial charge in [-0.1, -0.05) is 36.1 Å². The highest BCUT2D eigenvalue weighted by Gasteiger charge is 2.21. The van der Waals surface area contributed by atoms with Gasteiger partial charge in [0.05, 0.1) is 13.2 Å². The monoisotopic (exact) mass is 436 g/mol. The number of hydrogen-bond donors (Lipinski definition) is 0. The summed E-state index contributed by atoms with van der Waals surface area (Å²) in [6.07, 6.45) is 4.25. The molecule has 0 aliphatic carbocycles. The van der Waals surface area contributed by atoms with Gasteiger partial charge < -0.3 is 9.47 Å². The van der Waals surface area contributed by atoms with Gasteiger partial charge in [0, 0.05) is 28.9 Å². The third-order valence-electron chi connectivity index (χ3n) is 5.48. The molecule has 2 nitrogen and oxygen atoms in total. The molecule has 0 unspecified atom stereocenters. The van der Waals surface area contributed by atoms with Crippen LogP contribution in [0.1, 0.15) is 29.5 Å². The molecular formula is C27H23F3O2. The van der Waals surface area contributed by atoms with E-state index in [-0.39, 0.29) is 17.1 Å². The molecule has 0 radical (unpaired) electrons. The molecule has 1 fully saturated rings. The fraction of sp³-hybridized carbons (Fsp3) is 0.259. The molecule has 0 bridgehead atoms. The molecular weight excluding hydrogens is 413 g/mol. The van der Waals surface area contributed by atoms with E-state index in [2.05, 4.69) is 18.4 Å². The lowest BCUT2D eigenvalue weighted by molar-refractivity contribution is -0.201. The Bertz CT molecular complexity index is 1170. The fourth-order valence-electron chi connectivity index (χ4n) is 3.69. The molecule has 5 heteroatoms. The maximum absolute atomic E-state index is 13.8. The maximum atomic E-state index is 13.8. The lowest BCUT2D eigenvalue weighted by atomic mass is 10.0. The first kappa shape index (κ1) is 22.1. The minimum Gasteiger partial charge on any atom is -0.352 e. The number of aryl methyl sites for hydroxylation is 1. The van der Waals surface area contributed by atoms with Gasteiger partial charge in [0.15, 0.2) is 23.7 Å². The van der Waals surface area contributed by atoms with E-state index in [9.17, 15) is 13.2 Å². The van der Waals surface area contributed by atoms with Crippen molar-refractivity contribution in [2.24, 2.45) is 5.92 Å². The lowest BCUT2D eigenvalue weighted by Gasteiger charge is -2.28. The summed E-state index contributed by atoms with van der Waals surface area (Å²) in [5, 5.41) is 0.299. The highest BCUT2D eigenvalue weighted by molar-refractivity contribution is 5.84. The van der Waals surface area contributed by atoms with Crippen LogP contribution in [0.25, 0.3) is 10.8 Å². The average Bonchev–Trinajstić information content (AvgIpc) is 2.81.